The van der Waals surface area contributed by atoms with Gasteiger partial charge in [-0.3, -0.25) is 4.79 Å². The fraction of sp³-hybridized carbons (Fsp3) is 0.278. The quantitative estimate of drug-likeness (QED) is 0.916. The van der Waals surface area contributed by atoms with E-state index in [-0.39, 0.29) is 12.5 Å². The first kappa shape index (κ1) is 14.9. The number of hydrogen-bond donors (Lipinski definition) is 1. The van der Waals surface area contributed by atoms with Crippen molar-refractivity contribution in [3.8, 4) is 5.75 Å². The largest absolute Gasteiger partial charge is 0.482 e. The Labute approximate surface area is 135 Å². The van der Waals surface area contributed by atoms with Crippen LogP contribution in [0.3, 0.4) is 0 Å². The van der Waals surface area contributed by atoms with E-state index in [1.807, 2.05) is 24.3 Å². The molecule has 0 atom stereocenters. The summed E-state index contributed by atoms with van der Waals surface area (Å²) in [5.41, 5.74) is 3.51. The Morgan fingerprint density at radius 3 is 2.77 bits per heavy atom. The highest BCUT2D eigenvalue weighted by Gasteiger charge is 2.14. The van der Waals surface area contributed by atoms with Gasteiger partial charge in [0.15, 0.2) is 6.61 Å². The fourth-order valence-electron chi connectivity index (χ4n) is 2.79. The molecule has 1 aliphatic carbocycles. The molecule has 0 heterocycles. The number of hydrogen-bond acceptors (Lipinski definition) is 2. The highest BCUT2D eigenvalue weighted by atomic mass is 35.5. The third-order valence-corrected chi connectivity index (χ3v) is 4.18. The predicted octanol–water partition coefficient (Wildman–Crippen LogP) is 4.24. The van der Waals surface area contributed by atoms with Gasteiger partial charge < -0.3 is 10.1 Å². The standard InChI is InChI=1S/C18H18ClNO2/c19-15-9-3-4-11-17(15)22-12-18(21)20-16-10-5-7-13-6-1-2-8-14(13)16/h3-5,7,9-11H,1-2,6,8,12H2,(H,20,21). The van der Waals surface area contributed by atoms with Crippen LogP contribution < -0.4 is 10.1 Å². The molecule has 1 amide bonds. The van der Waals surface area contributed by atoms with Crippen LogP contribution in [-0.2, 0) is 17.6 Å². The van der Waals surface area contributed by atoms with Gasteiger partial charge >= 0.3 is 0 Å². The van der Waals surface area contributed by atoms with Crippen molar-refractivity contribution >= 4 is 23.2 Å². The molecule has 0 spiro atoms. The van der Waals surface area contributed by atoms with Crippen LogP contribution in [0.15, 0.2) is 42.5 Å². The maximum atomic E-state index is 12.1. The third kappa shape index (κ3) is 3.42. The second-order valence-corrected chi connectivity index (χ2v) is 5.82. The topological polar surface area (TPSA) is 38.3 Å². The summed E-state index contributed by atoms with van der Waals surface area (Å²) < 4.78 is 5.47. The van der Waals surface area contributed by atoms with Crippen molar-refractivity contribution in [3.63, 3.8) is 0 Å². The van der Waals surface area contributed by atoms with E-state index in [0.29, 0.717) is 10.8 Å². The van der Waals surface area contributed by atoms with Gasteiger partial charge in [-0.05, 0) is 55.0 Å². The molecule has 2 aromatic rings. The van der Waals surface area contributed by atoms with Gasteiger partial charge in [-0.2, -0.15) is 0 Å². The third-order valence-electron chi connectivity index (χ3n) is 3.87. The number of anilines is 1. The summed E-state index contributed by atoms with van der Waals surface area (Å²) in [4.78, 5) is 12.1. The van der Waals surface area contributed by atoms with Crippen LogP contribution in [0.2, 0.25) is 5.02 Å². The van der Waals surface area contributed by atoms with E-state index >= 15 is 0 Å². The van der Waals surface area contributed by atoms with Crippen molar-refractivity contribution in [2.24, 2.45) is 0 Å². The Hall–Kier alpha value is -2.00. The molecule has 0 aromatic heterocycles. The minimum absolute atomic E-state index is 0.0482. The molecule has 3 rings (SSSR count). The van der Waals surface area contributed by atoms with Crippen LogP contribution in [0, 0.1) is 0 Å². The number of rotatable bonds is 4. The molecule has 3 nitrogen and oxygen atoms in total. The molecule has 2 aromatic carbocycles. The Morgan fingerprint density at radius 1 is 1.09 bits per heavy atom. The Balaban J connectivity index is 1.64. The summed E-state index contributed by atoms with van der Waals surface area (Å²) in [5, 5.41) is 3.46. The van der Waals surface area contributed by atoms with E-state index in [9.17, 15) is 4.79 Å². The lowest BCUT2D eigenvalue weighted by Crippen LogP contribution is -2.21. The number of benzene rings is 2. The minimum atomic E-state index is -0.168. The maximum absolute atomic E-state index is 12.1. The first-order valence-electron chi connectivity index (χ1n) is 7.52. The Kier molecular flexibility index (Phi) is 4.64. The summed E-state index contributed by atoms with van der Waals surface area (Å²) in [6.07, 6.45) is 4.52. The first-order valence-corrected chi connectivity index (χ1v) is 7.90. The summed E-state index contributed by atoms with van der Waals surface area (Å²) >= 11 is 6.01. The Bertz CT molecular complexity index is 685. The lowest BCUT2D eigenvalue weighted by atomic mass is 9.90. The van der Waals surface area contributed by atoms with Crippen molar-refractivity contribution < 1.29 is 9.53 Å². The molecule has 22 heavy (non-hydrogen) atoms. The molecule has 0 unspecified atom stereocenters. The van der Waals surface area contributed by atoms with Crippen molar-refractivity contribution in [3.05, 3.63) is 58.6 Å². The van der Waals surface area contributed by atoms with Crippen LogP contribution in [0.4, 0.5) is 5.69 Å². The van der Waals surface area contributed by atoms with Gasteiger partial charge in [0, 0.05) is 5.69 Å². The average Bonchev–Trinajstić information content (AvgIpc) is 2.54. The van der Waals surface area contributed by atoms with Gasteiger partial charge in [0.05, 0.1) is 5.02 Å². The van der Waals surface area contributed by atoms with Crippen molar-refractivity contribution in [2.75, 3.05) is 11.9 Å². The van der Waals surface area contributed by atoms with Gasteiger partial charge in [-0.1, -0.05) is 35.9 Å². The van der Waals surface area contributed by atoms with Gasteiger partial charge in [0.2, 0.25) is 0 Å². The molecule has 0 radical (unpaired) electrons. The predicted molar refractivity (Wildman–Crippen MR) is 88.7 cm³/mol. The second-order valence-electron chi connectivity index (χ2n) is 5.42. The number of nitrogens with one attached hydrogen (secondary N) is 1. The smallest absolute Gasteiger partial charge is 0.262 e. The van der Waals surface area contributed by atoms with Crippen LogP contribution in [0.5, 0.6) is 5.75 Å². The van der Waals surface area contributed by atoms with Gasteiger partial charge in [-0.15, -0.1) is 0 Å². The summed E-state index contributed by atoms with van der Waals surface area (Å²) in [5.74, 6) is 0.355. The number of para-hydroxylation sites is 1. The molecule has 4 heteroatoms. The normalized spacial score (nSPS) is 13.3. The molecule has 0 fully saturated rings. The molecule has 0 aliphatic heterocycles. The number of fused-ring (bicyclic) bond motifs is 1. The molecule has 114 valence electrons. The lowest BCUT2D eigenvalue weighted by molar-refractivity contribution is -0.118. The SMILES string of the molecule is O=C(COc1ccccc1Cl)Nc1cccc2c1CCCC2. The molecule has 1 aliphatic rings. The molecule has 0 saturated carbocycles. The van der Waals surface area contributed by atoms with E-state index in [0.717, 1.165) is 18.5 Å². The summed E-state index contributed by atoms with van der Waals surface area (Å²) in [7, 11) is 0. The highest BCUT2D eigenvalue weighted by Crippen LogP contribution is 2.28. The zero-order chi connectivity index (χ0) is 15.4. The van der Waals surface area contributed by atoms with Crippen LogP contribution >= 0.6 is 11.6 Å². The minimum Gasteiger partial charge on any atom is -0.482 e. The average molecular weight is 316 g/mol. The number of carbonyl (C=O) groups is 1. The number of ether oxygens (including phenoxy) is 1. The van der Waals surface area contributed by atoms with Gasteiger partial charge in [-0.25, -0.2) is 0 Å². The van der Waals surface area contributed by atoms with E-state index in [1.54, 1.807) is 12.1 Å². The van der Waals surface area contributed by atoms with E-state index < -0.39 is 0 Å². The van der Waals surface area contributed by atoms with Crippen molar-refractivity contribution in [2.45, 2.75) is 25.7 Å². The maximum Gasteiger partial charge on any atom is 0.262 e. The number of amides is 1. The van der Waals surface area contributed by atoms with Crippen LogP contribution in [0.25, 0.3) is 0 Å². The van der Waals surface area contributed by atoms with Crippen molar-refractivity contribution in [1.29, 1.82) is 0 Å². The molecule has 0 bridgehead atoms. The van der Waals surface area contributed by atoms with Crippen molar-refractivity contribution in [1.82, 2.24) is 0 Å². The second kappa shape index (κ2) is 6.84. The molecular weight excluding hydrogens is 298 g/mol. The zero-order valence-corrected chi connectivity index (χ0v) is 13.0. The number of aryl methyl sites for hydroxylation is 1. The monoisotopic (exact) mass is 315 g/mol. The molecule has 0 saturated heterocycles. The Morgan fingerprint density at radius 2 is 1.91 bits per heavy atom. The van der Waals surface area contributed by atoms with Crippen LogP contribution in [-0.4, -0.2) is 12.5 Å². The molecule has 1 N–H and O–H groups in total. The van der Waals surface area contributed by atoms with Crippen LogP contribution in [0.1, 0.15) is 24.0 Å². The number of halogens is 1. The summed E-state index contributed by atoms with van der Waals surface area (Å²) in [6.45, 7) is -0.0482. The highest BCUT2D eigenvalue weighted by molar-refractivity contribution is 6.32. The van der Waals surface area contributed by atoms with Gasteiger partial charge in [0.25, 0.3) is 5.91 Å². The number of carbonyl (C=O) groups excluding carboxylic acids is 1. The first-order chi connectivity index (χ1) is 10.7. The lowest BCUT2D eigenvalue weighted by Gasteiger charge is -2.19. The van der Waals surface area contributed by atoms with E-state index in [4.69, 9.17) is 16.3 Å². The van der Waals surface area contributed by atoms with E-state index in [2.05, 4.69) is 11.4 Å². The van der Waals surface area contributed by atoms with Gasteiger partial charge in [0.1, 0.15) is 5.75 Å². The summed E-state index contributed by atoms with van der Waals surface area (Å²) in [6, 6.07) is 13.2. The van der Waals surface area contributed by atoms with E-state index in [1.165, 1.54) is 24.0 Å². The zero-order valence-electron chi connectivity index (χ0n) is 12.3. The fourth-order valence-corrected chi connectivity index (χ4v) is 2.98. The molecular formula is C18H18ClNO2.